The van der Waals surface area contributed by atoms with Crippen LogP contribution in [0, 0.1) is 28.6 Å². The molecule has 5 rings (SSSR count). The van der Waals surface area contributed by atoms with Crippen LogP contribution in [0.1, 0.15) is 56.8 Å². The van der Waals surface area contributed by atoms with E-state index in [1.807, 2.05) is 26.8 Å². The molecule has 6 nitrogen and oxygen atoms in total. The molecule has 0 saturated heterocycles. The lowest BCUT2D eigenvalue weighted by Gasteiger charge is -2.64. The molecule has 3 saturated carbocycles. The van der Waals surface area contributed by atoms with E-state index in [1.54, 1.807) is 36.4 Å². The summed E-state index contributed by atoms with van der Waals surface area (Å²) in [5, 5.41) is 21.8. The summed E-state index contributed by atoms with van der Waals surface area (Å²) >= 11 is 7.48. The van der Waals surface area contributed by atoms with Crippen LogP contribution in [0.2, 0.25) is 0 Å². The lowest BCUT2D eigenvalue weighted by Crippen LogP contribution is -2.69. The number of rotatable bonds is 4. The molecule has 0 heterocycles. The molecule has 4 aliphatic carbocycles. The lowest BCUT2D eigenvalue weighted by molar-refractivity contribution is -0.180. The fraction of sp³-hybridized carbons (Fsp3) is 0.552. The Labute approximate surface area is 216 Å². The van der Waals surface area contributed by atoms with Crippen molar-refractivity contribution in [3.8, 4) is 0 Å². The number of carbonyl (C=O) groups is 3. The molecule has 7 heteroatoms. The maximum atomic E-state index is 13.5. The summed E-state index contributed by atoms with van der Waals surface area (Å²) in [4.78, 5) is 37.9. The zero-order valence-electron chi connectivity index (χ0n) is 20.9. The van der Waals surface area contributed by atoms with Crippen LogP contribution in [0.3, 0.4) is 0 Å². The fourth-order valence-corrected chi connectivity index (χ4v) is 8.82. The topological polar surface area (TPSA) is 101 Å². The summed E-state index contributed by atoms with van der Waals surface area (Å²) in [6, 6.07) is 8.50. The quantitative estimate of drug-likeness (QED) is 0.466. The van der Waals surface area contributed by atoms with Crippen molar-refractivity contribution in [3.05, 3.63) is 59.7 Å². The third-order valence-corrected chi connectivity index (χ3v) is 10.9. The summed E-state index contributed by atoms with van der Waals surface area (Å²) in [7, 11) is 0. The predicted molar refractivity (Wildman–Crippen MR) is 134 cm³/mol. The summed E-state index contributed by atoms with van der Waals surface area (Å²) in [6.45, 7) is 5.00. The maximum Gasteiger partial charge on any atom is 0.339 e. The first-order valence-electron chi connectivity index (χ1n) is 12.7. The Balaban J connectivity index is 1.61. The van der Waals surface area contributed by atoms with Crippen LogP contribution < -0.4 is 0 Å². The van der Waals surface area contributed by atoms with Crippen LogP contribution in [-0.2, 0) is 14.3 Å². The third-order valence-electron chi connectivity index (χ3n) is 10.0. The minimum Gasteiger partial charge on any atom is -0.446 e. The molecule has 1 aromatic carbocycles. The molecule has 0 bridgehead atoms. The molecule has 0 radical (unpaired) electrons. The van der Waals surface area contributed by atoms with E-state index in [-0.39, 0.29) is 30.0 Å². The zero-order valence-corrected chi connectivity index (χ0v) is 21.6. The SMILES string of the molecule is C[C@H]1C[C@H]2[C@@H]3CCC4=CC(=O)C=C[C@]4(C)[C@@]3(Cl)[C@@H](O)C[C@]2(C)[C@@]1(OC(=O)c1ccccc1)C(=O)CO. The van der Waals surface area contributed by atoms with E-state index in [1.165, 1.54) is 6.08 Å². The number of hydrogen-bond donors (Lipinski definition) is 2. The Morgan fingerprint density at radius 3 is 2.53 bits per heavy atom. The number of benzene rings is 1. The zero-order chi connectivity index (χ0) is 26.1. The number of alkyl halides is 1. The number of esters is 1. The molecule has 0 unspecified atom stereocenters. The van der Waals surface area contributed by atoms with Crippen molar-refractivity contribution in [2.45, 2.75) is 63.0 Å². The number of fused-ring (bicyclic) bond motifs is 5. The number of carbonyl (C=O) groups excluding carboxylic acids is 3. The molecule has 0 aliphatic heterocycles. The van der Waals surface area contributed by atoms with E-state index < -0.39 is 45.8 Å². The summed E-state index contributed by atoms with van der Waals surface area (Å²) < 4.78 is 6.16. The number of hydrogen-bond acceptors (Lipinski definition) is 6. The van der Waals surface area contributed by atoms with Gasteiger partial charge in [-0.3, -0.25) is 9.59 Å². The first kappa shape index (κ1) is 25.4. The minimum absolute atomic E-state index is 0.0776. The van der Waals surface area contributed by atoms with Gasteiger partial charge in [0.15, 0.2) is 11.4 Å². The standard InChI is InChI=1S/C29H33ClO6/c1-17-13-22-21-10-9-19-14-20(32)11-12-26(19,2)28(21,30)23(33)15-27(22,3)29(17,24(34)16-31)36-25(35)18-7-5-4-6-8-18/h4-8,11-12,14,17,21-23,31,33H,9-10,13,15-16H2,1-3H3/t17-,21-,22-,23-,26-,27-,28-,29-/m0/s1. The van der Waals surface area contributed by atoms with Gasteiger partial charge in [-0.25, -0.2) is 4.79 Å². The Kier molecular flexibility index (Phi) is 5.90. The molecular weight excluding hydrogens is 480 g/mol. The van der Waals surface area contributed by atoms with Crippen molar-refractivity contribution >= 4 is 29.1 Å². The number of aliphatic hydroxyl groups is 2. The molecular formula is C29H33ClO6. The smallest absolute Gasteiger partial charge is 0.339 e. The maximum absolute atomic E-state index is 13.5. The van der Waals surface area contributed by atoms with Crippen LogP contribution >= 0.6 is 11.6 Å². The number of aliphatic hydroxyl groups excluding tert-OH is 2. The van der Waals surface area contributed by atoms with Crippen molar-refractivity contribution in [2.75, 3.05) is 6.61 Å². The van der Waals surface area contributed by atoms with Gasteiger partial charge in [-0.15, -0.1) is 11.6 Å². The van der Waals surface area contributed by atoms with Crippen LogP contribution in [0.5, 0.6) is 0 Å². The number of Topliss-reactive ketones (excluding diaryl/α,β-unsaturated/α-hetero) is 1. The van der Waals surface area contributed by atoms with Gasteiger partial charge in [0.05, 0.1) is 16.5 Å². The highest BCUT2D eigenvalue weighted by atomic mass is 35.5. The van der Waals surface area contributed by atoms with E-state index >= 15 is 0 Å². The van der Waals surface area contributed by atoms with Crippen molar-refractivity contribution in [3.63, 3.8) is 0 Å². The molecule has 36 heavy (non-hydrogen) atoms. The molecule has 8 atom stereocenters. The highest BCUT2D eigenvalue weighted by molar-refractivity contribution is 6.26. The minimum atomic E-state index is -1.60. The first-order valence-corrected chi connectivity index (χ1v) is 13.1. The van der Waals surface area contributed by atoms with Gasteiger partial charge in [0.2, 0.25) is 5.78 Å². The number of allylic oxidation sites excluding steroid dienone is 4. The van der Waals surface area contributed by atoms with E-state index in [2.05, 4.69) is 0 Å². The van der Waals surface area contributed by atoms with E-state index in [9.17, 15) is 24.6 Å². The third kappa shape index (κ3) is 3.07. The van der Waals surface area contributed by atoms with Gasteiger partial charge < -0.3 is 14.9 Å². The molecule has 192 valence electrons. The van der Waals surface area contributed by atoms with Gasteiger partial charge >= 0.3 is 5.97 Å². The van der Waals surface area contributed by atoms with E-state index in [4.69, 9.17) is 16.3 Å². The summed E-state index contributed by atoms with van der Waals surface area (Å²) in [5.41, 5.74) is -2.02. The van der Waals surface area contributed by atoms with Crippen LogP contribution in [0.25, 0.3) is 0 Å². The summed E-state index contributed by atoms with van der Waals surface area (Å²) in [6.07, 6.45) is 5.94. The van der Waals surface area contributed by atoms with Gasteiger partial charge in [0, 0.05) is 16.7 Å². The summed E-state index contributed by atoms with van der Waals surface area (Å²) in [5.74, 6) is -1.98. The average Bonchev–Trinajstić information content (AvgIpc) is 3.07. The van der Waals surface area contributed by atoms with Crippen molar-refractivity contribution in [1.29, 1.82) is 0 Å². The van der Waals surface area contributed by atoms with Gasteiger partial charge in [-0.2, -0.15) is 0 Å². The van der Waals surface area contributed by atoms with E-state index in [0.29, 0.717) is 24.8 Å². The second-order valence-electron chi connectivity index (χ2n) is 11.5. The van der Waals surface area contributed by atoms with Crippen molar-refractivity contribution in [2.24, 2.45) is 28.6 Å². The Hall–Kier alpha value is -2.28. The molecule has 2 N–H and O–H groups in total. The monoisotopic (exact) mass is 512 g/mol. The number of halogens is 1. The van der Waals surface area contributed by atoms with Crippen molar-refractivity contribution < 1.29 is 29.3 Å². The Morgan fingerprint density at radius 1 is 1.17 bits per heavy atom. The molecule has 0 aromatic heterocycles. The average molecular weight is 513 g/mol. The largest absolute Gasteiger partial charge is 0.446 e. The van der Waals surface area contributed by atoms with Crippen LogP contribution in [0.4, 0.5) is 0 Å². The second kappa shape index (κ2) is 8.37. The number of ether oxygens (including phenoxy) is 1. The van der Waals surface area contributed by atoms with Crippen LogP contribution in [-0.4, -0.2) is 50.9 Å². The van der Waals surface area contributed by atoms with E-state index in [0.717, 1.165) is 5.57 Å². The van der Waals surface area contributed by atoms with Gasteiger partial charge in [0.1, 0.15) is 6.61 Å². The lowest BCUT2D eigenvalue weighted by atomic mass is 9.45. The molecule has 0 spiro atoms. The highest BCUT2D eigenvalue weighted by Crippen LogP contribution is 2.72. The normalized spacial score (nSPS) is 43.2. The fourth-order valence-electron chi connectivity index (χ4n) is 8.30. The Morgan fingerprint density at radius 2 is 1.86 bits per heavy atom. The highest BCUT2D eigenvalue weighted by Gasteiger charge is 2.76. The molecule has 1 aromatic rings. The Bertz CT molecular complexity index is 1180. The molecule has 4 aliphatic rings. The van der Waals surface area contributed by atoms with Crippen molar-refractivity contribution in [1.82, 2.24) is 0 Å². The van der Waals surface area contributed by atoms with Gasteiger partial charge in [0.25, 0.3) is 0 Å². The van der Waals surface area contributed by atoms with Crippen LogP contribution in [0.15, 0.2) is 54.1 Å². The van der Waals surface area contributed by atoms with Gasteiger partial charge in [-0.1, -0.05) is 50.6 Å². The molecule has 0 amide bonds. The molecule has 3 fully saturated rings. The predicted octanol–water partition coefficient (Wildman–Crippen LogP) is 4.03. The van der Waals surface area contributed by atoms with Gasteiger partial charge in [-0.05, 0) is 61.8 Å². The number of ketones is 2. The first-order chi connectivity index (χ1) is 17.0. The second-order valence-corrected chi connectivity index (χ2v) is 12.1.